The molecule has 8 heteroatoms. The first-order chi connectivity index (χ1) is 13.3. The largest absolute Gasteiger partial charge is 0.508 e. The SMILES string of the molecule is O=C1C(c2cc(Br)ccc2O)C2CC=CC=C2N1Cc1ccc(C(F)(F)F)o1. The van der Waals surface area contributed by atoms with E-state index in [1.165, 1.54) is 17.0 Å². The fourth-order valence-corrected chi connectivity index (χ4v) is 4.14. The second kappa shape index (κ2) is 6.84. The van der Waals surface area contributed by atoms with Crippen molar-refractivity contribution in [1.82, 2.24) is 4.90 Å². The number of carbonyl (C=O) groups is 1. The Morgan fingerprint density at radius 2 is 2.04 bits per heavy atom. The Hall–Kier alpha value is -2.48. The second-order valence-corrected chi connectivity index (χ2v) is 7.65. The standard InChI is InChI=1S/C20H15BrF3NO3/c21-11-5-7-16(26)14(9-11)18-13-3-1-2-4-15(13)25(19(18)27)10-12-6-8-17(28-12)20(22,23)24/h1-2,4-9,13,18,26H,3,10H2. The zero-order valence-corrected chi connectivity index (χ0v) is 16.0. The monoisotopic (exact) mass is 453 g/mol. The molecule has 2 aromatic rings. The maximum absolute atomic E-state index is 13.2. The van der Waals surface area contributed by atoms with Crippen molar-refractivity contribution in [2.75, 3.05) is 0 Å². The smallest absolute Gasteiger partial charge is 0.449 e. The molecule has 1 fully saturated rings. The Labute approximate surface area is 167 Å². The van der Waals surface area contributed by atoms with Gasteiger partial charge in [-0.25, -0.2) is 0 Å². The Bertz CT molecular complexity index is 993. The molecule has 28 heavy (non-hydrogen) atoms. The maximum Gasteiger partial charge on any atom is 0.449 e. The molecule has 2 aliphatic rings. The number of furan rings is 1. The number of carbonyl (C=O) groups excluding carboxylic acids is 1. The molecule has 0 spiro atoms. The minimum absolute atomic E-state index is 0.00894. The highest BCUT2D eigenvalue weighted by atomic mass is 79.9. The van der Waals surface area contributed by atoms with E-state index in [1.54, 1.807) is 18.2 Å². The van der Waals surface area contributed by atoms with Crippen molar-refractivity contribution in [2.45, 2.75) is 25.1 Å². The van der Waals surface area contributed by atoms with Gasteiger partial charge in [0.25, 0.3) is 0 Å². The Kier molecular flexibility index (Phi) is 4.61. The van der Waals surface area contributed by atoms with E-state index in [0.29, 0.717) is 17.7 Å². The minimum Gasteiger partial charge on any atom is -0.508 e. The normalized spacial score (nSPS) is 21.8. The molecule has 0 saturated carbocycles. The van der Waals surface area contributed by atoms with Gasteiger partial charge in [-0.2, -0.15) is 13.2 Å². The number of phenolic OH excluding ortho intramolecular Hbond substituents is 1. The zero-order chi connectivity index (χ0) is 20.1. The summed E-state index contributed by atoms with van der Waals surface area (Å²) in [6, 6.07) is 6.98. The summed E-state index contributed by atoms with van der Waals surface area (Å²) in [5.41, 5.74) is 1.20. The van der Waals surface area contributed by atoms with Gasteiger partial charge in [0.15, 0.2) is 0 Å². The van der Waals surface area contributed by atoms with Crippen LogP contribution >= 0.6 is 15.9 Å². The van der Waals surface area contributed by atoms with E-state index in [0.717, 1.165) is 10.5 Å². The van der Waals surface area contributed by atoms with Gasteiger partial charge in [-0.1, -0.05) is 28.1 Å². The lowest BCUT2D eigenvalue weighted by atomic mass is 9.83. The first kappa shape index (κ1) is 18.9. The van der Waals surface area contributed by atoms with Gasteiger partial charge in [-0.05, 0) is 42.8 Å². The number of hydrogen-bond donors (Lipinski definition) is 1. The van der Waals surface area contributed by atoms with E-state index in [-0.39, 0.29) is 29.9 Å². The van der Waals surface area contributed by atoms with E-state index >= 15 is 0 Å². The molecular formula is C20H15BrF3NO3. The van der Waals surface area contributed by atoms with Gasteiger partial charge >= 0.3 is 6.18 Å². The van der Waals surface area contributed by atoms with Crippen molar-refractivity contribution in [3.63, 3.8) is 0 Å². The number of phenols is 1. The maximum atomic E-state index is 13.2. The summed E-state index contributed by atoms with van der Waals surface area (Å²) in [6.45, 7) is -0.101. The summed E-state index contributed by atoms with van der Waals surface area (Å²) < 4.78 is 44.0. The second-order valence-electron chi connectivity index (χ2n) is 6.73. The highest BCUT2D eigenvalue weighted by Gasteiger charge is 2.46. The zero-order valence-electron chi connectivity index (χ0n) is 14.4. The van der Waals surface area contributed by atoms with E-state index in [2.05, 4.69) is 15.9 Å². The van der Waals surface area contributed by atoms with Crippen LogP contribution in [0.25, 0.3) is 0 Å². The number of benzene rings is 1. The van der Waals surface area contributed by atoms with Crippen LogP contribution in [0.4, 0.5) is 13.2 Å². The van der Waals surface area contributed by atoms with Crippen molar-refractivity contribution in [1.29, 1.82) is 0 Å². The van der Waals surface area contributed by atoms with Crippen molar-refractivity contribution in [3.8, 4) is 5.75 Å². The third kappa shape index (κ3) is 3.26. The molecule has 4 nitrogen and oxygen atoms in total. The molecular weight excluding hydrogens is 439 g/mol. The average molecular weight is 454 g/mol. The molecule has 0 radical (unpaired) electrons. The molecule has 1 aliphatic carbocycles. The van der Waals surface area contributed by atoms with Crippen LogP contribution in [0, 0.1) is 5.92 Å². The first-order valence-electron chi connectivity index (χ1n) is 8.58. The highest BCUT2D eigenvalue weighted by Crippen LogP contribution is 2.48. The quantitative estimate of drug-likeness (QED) is 0.680. The lowest BCUT2D eigenvalue weighted by Crippen LogP contribution is -2.25. The van der Waals surface area contributed by atoms with Crippen LogP contribution in [-0.4, -0.2) is 15.9 Å². The van der Waals surface area contributed by atoms with E-state index < -0.39 is 17.9 Å². The van der Waals surface area contributed by atoms with Gasteiger partial charge in [0.1, 0.15) is 11.5 Å². The summed E-state index contributed by atoms with van der Waals surface area (Å²) in [6.07, 6.45) is 1.55. The van der Waals surface area contributed by atoms with Crippen molar-refractivity contribution in [2.24, 2.45) is 5.92 Å². The van der Waals surface area contributed by atoms with Gasteiger partial charge in [0.05, 0.1) is 12.5 Å². The number of allylic oxidation sites excluding steroid dienone is 4. The summed E-state index contributed by atoms with van der Waals surface area (Å²) in [5, 5.41) is 10.3. The van der Waals surface area contributed by atoms with Crippen LogP contribution in [0.15, 0.2) is 63.1 Å². The fourth-order valence-electron chi connectivity index (χ4n) is 3.76. The first-order valence-corrected chi connectivity index (χ1v) is 9.37. The third-order valence-electron chi connectivity index (χ3n) is 5.00. The summed E-state index contributed by atoms with van der Waals surface area (Å²) in [5.74, 6) is -2.13. The topological polar surface area (TPSA) is 53.7 Å². The third-order valence-corrected chi connectivity index (χ3v) is 5.49. The molecule has 1 saturated heterocycles. The fraction of sp³-hybridized carbons (Fsp3) is 0.250. The summed E-state index contributed by atoms with van der Waals surface area (Å²) in [7, 11) is 0. The molecule has 0 bridgehead atoms. The van der Waals surface area contributed by atoms with Gasteiger partial charge in [-0.15, -0.1) is 0 Å². The van der Waals surface area contributed by atoms with Crippen LogP contribution in [0.5, 0.6) is 5.75 Å². The lowest BCUT2D eigenvalue weighted by molar-refractivity contribution is -0.153. The Morgan fingerprint density at radius 3 is 2.75 bits per heavy atom. The summed E-state index contributed by atoms with van der Waals surface area (Å²) >= 11 is 3.36. The van der Waals surface area contributed by atoms with Crippen molar-refractivity contribution in [3.05, 3.63) is 75.8 Å². The Morgan fingerprint density at radius 1 is 1.25 bits per heavy atom. The molecule has 4 rings (SSSR count). The number of amides is 1. The van der Waals surface area contributed by atoms with Crippen LogP contribution in [-0.2, 0) is 17.5 Å². The summed E-state index contributed by atoms with van der Waals surface area (Å²) in [4.78, 5) is 14.7. The molecule has 2 unspecified atom stereocenters. The molecule has 1 aromatic carbocycles. The minimum atomic E-state index is -4.58. The average Bonchev–Trinajstić information content (AvgIpc) is 3.22. The number of rotatable bonds is 3. The number of hydrogen-bond acceptors (Lipinski definition) is 3. The van der Waals surface area contributed by atoms with Gasteiger partial charge in [-0.3, -0.25) is 4.79 Å². The molecule has 2 heterocycles. The predicted octanol–water partition coefficient (Wildman–Crippen LogP) is 5.35. The van der Waals surface area contributed by atoms with E-state index in [4.69, 9.17) is 4.42 Å². The predicted molar refractivity (Wildman–Crippen MR) is 98.1 cm³/mol. The molecule has 146 valence electrons. The lowest BCUT2D eigenvalue weighted by Gasteiger charge is -2.21. The highest BCUT2D eigenvalue weighted by molar-refractivity contribution is 9.10. The van der Waals surface area contributed by atoms with Crippen LogP contribution < -0.4 is 0 Å². The molecule has 1 amide bonds. The molecule has 1 N–H and O–H groups in total. The van der Waals surface area contributed by atoms with Crippen molar-refractivity contribution < 1.29 is 27.5 Å². The van der Waals surface area contributed by atoms with Crippen molar-refractivity contribution >= 4 is 21.8 Å². The van der Waals surface area contributed by atoms with Gasteiger partial charge < -0.3 is 14.4 Å². The number of likely N-dealkylation sites (tertiary alicyclic amines) is 1. The molecule has 1 aromatic heterocycles. The van der Waals surface area contributed by atoms with Crippen LogP contribution in [0.3, 0.4) is 0 Å². The number of alkyl halides is 3. The number of fused-ring (bicyclic) bond motifs is 1. The van der Waals surface area contributed by atoms with Gasteiger partial charge in [0.2, 0.25) is 11.7 Å². The Balaban J connectivity index is 1.69. The van der Waals surface area contributed by atoms with E-state index in [1.807, 2.05) is 12.2 Å². The number of halogens is 4. The molecule has 1 aliphatic heterocycles. The van der Waals surface area contributed by atoms with E-state index in [9.17, 15) is 23.1 Å². The van der Waals surface area contributed by atoms with Crippen LogP contribution in [0.2, 0.25) is 0 Å². The number of aromatic hydroxyl groups is 1. The van der Waals surface area contributed by atoms with Crippen LogP contribution in [0.1, 0.15) is 29.4 Å². The number of nitrogens with zero attached hydrogens (tertiary/aromatic N) is 1. The molecule has 2 atom stereocenters. The van der Waals surface area contributed by atoms with Gasteiger partial charge in [0, 0.05) is 21.7 Å².